The van der Waals surface area contributed by atoms with Crippen LogP contribution in [-0.2, 0) is 22.4 Å². The van der Waals surface area contributed by atoms with E-state index in [1.54, 1.807) is 6.92 Å². The monoisotopic (exact) mass is 370 g/mol. The third-order valence-corrected chi connectivity index (χ3v) is 4.52. The number of carbonyl (C=O) groups excluding carboxylic acids is 3. The van der Waals surface area contributed by atoms with Crippen molar-refractivity contribution in [1.29, 1.82) is 0 Å². The molecule has 2 N–H and O–H groups in total. The van der Waals surface area contributed by atoms with Crippen LogP contribution in [0.1, 0.15) is 57.9 Å². The number of H-pyrrole nitrogens is 1. The molecule has 0 aliphatic heterocycles. The molecule has 2 aromatic rings. The quantitative estimate of drug-likeness (QED) is 0.552. The third-order valence-electron chi connectivity index (χ3n) is 4.52. The summed E-state index contributed by atoms with van der Waals surface area (Å²) in [4.78, 5) is 39.1. The van der Waals surface area contributed by atoms with E-state index in [4.69, 9.17) is 4.74 Å². The first-order valence-corrected chi connectivity index (χ1v) is 8.97. The van der Waals surface area contributed by atoms with Gasteiger partial charge in [-0.2, -0.15) is 0 Å². The number of aromatic amines is 1. The van der Waals surface area contributed by atoms with Crippen LogP contribution >= 0.6 is 0 Å². The maximum absolute atomic E-state index is 12.4. The number of benzene rings is 1. The highest BCUT2D eigenvalue weighted by molar-refractivity contribution is 6.01. The number of ketones is 1. The molecule has 0 saturated carbocycles. The normalized spacial score (nSPS) is 11.7. The summed E-state index contributed by atoms with van der Waals surface area (Å²) in [6.45, 7) is 5.03. The number of methoxy groups -OCH3 is 1. The number of amides is 1. The minimum Gasteiger partial charge on any atom is -0.465 e. The molecule has 0 spiro atoms. The number of hydrogen-bond donors (Lipinski definition) is 2. The van der Waals surface area contributed by atoms with Crippen molar-refractivity contribution < 1.29 is 19.1 Å². The SMILES string of the molecule is COC(=O)c1c(CC(=O)NC(C)CCc2ccccc2)[nH]c(C(C)=O)c1C. The van der Waals surface area contributed by atoms with E-state index in [0.29, 0.717) is 17.0 Å². The number of aromatic nitrogens is 1. The third kappa shape index (κ3) is 5.29. The Hall–Kier alpha value is -2.89. The molecular formula is C21H26N2O4. The van der Waals surface area contributed by atoms with Crippen molar-refractivity contribution >= 4 is 17.7 Å². The Morgan fingerprint density at radius 2 is 1.85 bits per heavy atom. The number of carbonyl (C=O) groups is 3. The zero-order valence-corrected chi connectivity index (χ0v) is 16.2. The Morgan fingerprint density at radius 3 is 2.44 bits per heavy atom. The summed E-state index contributed by atoms with van der Waals surface area (Å²) in [5.41, 5.74) is 2.72. The van der Waals surface area contributed by atoms with Gasteiger partial charge in [0.25, 0.3) is 0 Å². The van der Waals surface area contributed by atoms with Gasteiger partial charge in [-0.05, 0) is 37.8 Å². The lowest BCUT2D eigenvalue weighted by Gasteiger charge is -2.14. The molecular weight excluding hydrogens is 344 g/mol. The lowest BCUT2D eigenvalue weighted by Crippen LogP contribution is -2.34. The number of Topliss-reactive ketones (excluding diaryl/α,β-unsaturated/α-hetero) is 1. The average molecular weight is 370 g/mol. The summed E-state index contributed by atoms with van der Waals surface area (Å²) < 4.78 is 4.80. The van der Waals surface area contributed by atoms with E-state index in [0.717, 1.165) is 12.8 Å². The van der Waals surface area contributed by atoms with Crippen LogP contribution in [0.15, 0.2) is 30.3 Å². The molecule has 2 rings (SSSR count). The molecule has 0 bridgehead atoms. The lowest BCUT2D eigenvalue weighted by atomic mass is 10.1. The molecule has 0 saturated heterocycles. The van der Waals surface area contributed by atoms with Crippen LogP contribution in [0.5, 0.6) is 0 Å². The van der Waals surface area contributed by atoms with Crippen molar-refractivity contribution in [2.75, 3.05) is 7.11 Å². The molecule has 27 heavy (non-hydrogen) atoms. The fraction of sp³-hybridized carbons (Fsp3) is 0.381. The van der Waals surface area contributed by atoms with Crippen molar-refractivity contribution in [1.82, 2.24) is 10.3 Å². The van der Waals surface area contributed by atoms with Crippen molar-refractivity contribution in [3.63, 3.8) is 0 Å². The van der Waals surface area contributed by atoms with E-state index in [1.165, 1.54) is 19.6 Å². The number of esters is 1. The van der Waals surface area contributed by atoms with Gasteiger partial charge in [0.2, 0.25) is 5.91 Å². The van der Waals surface area contributed by atoms with E-state index >= 15 is 0 Å². The zero-order chi connectivity index (χ0) is 20.0. The van der Waals surface area contributed by atoms with Gasteiger partial charge in [0.05, 0.1) is 24.8 Å². The van der Waals surface area contributed by atoms with E-state index in [9.17, 15) is 14.4 Å². The number of aryl methyl sites for hydroxylation is 1. The van der Waals surface area contributed by atoms with Gasteiger partial charge >= 0.3 is 5.97 Å². The molecule has 0 fully saturated rings. The van der Waals surface area contributed by atoms with Gasteiger partial charge in [0.1, 0.15) is 0 Å². The van der Waals surface area contributed by atoms with Crippen LogP contribution in [-0.4, -0.2) is 35.8 Å². The molecule has 0 aliphatic carbocycles. The van der Waals surface area contributed by atoms with Crippen LogP contribution < -0.4 is 5.32 Å². The molecule has 1 aromatic heterocycles. The fourth-order valence-electron chi connectivity index (χ4n) is 3.11. The van der Waals surface area contributed by atoms with Gasteiger partial charge < -0.3 is 15.0 Å². The van der Waals surface area contributed by atoms with Crippen molar-refractivity contribution in [2.45, 2.75) is 46.1 Å². The lowest BCUT2D eigenvalue weighted by molar-refractivity contribution is -0.121. The predicted octanol–water partition coefficient (Wildman–Crippen LogP) is 2.99. The maximum Gasteiger partial charge on any atom is 0.339 e. The molecule has 1 unspecified atom stereocenters. The summed E-state index contributed by atoms with van der Waals surface area (Å²) in [6, 6.07) is 10.1. The van der Waals surface area contributed by atoms with Crippen LogP contribution in [0.25, 0.3) is 0 Å². The summed E-state index contributed by atoms with van der Waals surface area (Å²) in [6.07, 6.45) is 1.65. The fourth-order valence-corrected chi connectivity index (χ4v) is 3.11. The van der Waals surface area contributed by atoms with E-state index in [1.807, 2.05) is 25.1 Å². The molecule has 0 aliphatic rings. The smallest absolute Gasteiger partial charge is 0.339 e. The van der Waals surface area contributed by atoms with Gasteiger partial charge in [0.15, 0.2) is 5.78 Å². The first kappa shape index (κ1) is 20.4. The standard InChI is InChI=1S/C21H26N2O4/c1-13(10-11-16-8-6-5-7-9-16)22-18(25)12-17-19(21(26)27-4)14(2)20(23-17)15(3)24/h5-9,13,23H,10-12H2,1-4H3,(H,22,25). The average Bonchev–Trinajstić information content (AvgIpc) is 2.96. The Labute approximate surface area is 159 Å². The molecule has 1 atom stereocenters. The van der Waals surface area contributed by atoms with Gasteiger partial charge in [-0.15, -0.1) is 0 Å². The van der Waals surface area contributed by atoms with E-state index in [-0.39, 0.29) is 29.7 Å². The minimum atomic E-state index is -0.559. The Morgan fingerprint density at radius 1 is 1.19 bits per heavy atom. The summed E-state index contributed by atoms with van der Waals surface area (Å²) in [5, 5.41) is 2.94. The molecule has 144 valence electrons. The summed E-state index contributed by atoms with van der Waals surface area (Å²) in [5.74, 6) is -0.964. The second-order valence-corrected chi connectivity index (χ2v) is 6.70. The summed E-state index contributed by atoms with van der Waals surface area (Å²) >= 11 is 0. The minimum absolute atomic E-state index is 0.0115. The topological polar surface area (TPSA) is 88.3 Å². The van der Waals surface area contributed by atoms with E-state index < -0.39 is 5.97 Å². The van der Waals surface area contributed by atoms with Crippen LogP contribution in [0, 0.1) is 6.92 Å². The number of nitrogens with one attached hydrogen (secondary N) is 2. The van der Waals surface area contributed by atoms with Crippen molar-refractivity contribution in [2.24, 2.45) is 0 Å². The van der Waals surface area contributed by atoms with Gasteiger partial charge in [0, 0.05) is 18.7 Å². The molecule has 1 amide bonds. The predicted molar refractivity (Wildman–Crippen MR) is 103 cm³/mol. The van der Waals surface area contributed by atoms with Gasteiger partial charge in [-0.3, -0.25) is 9.59 Å². The van der Waals surface area contributed by atoms with Gasteiger partial charge in [-0.25, -0.2) is 4.79 Å². The summed E-state index contributed by atoms with van der Waals surface area (Å²) in [7, 11) is 1.28. The van der Waals surface area contributed by atoms with Crippen molar-refractivity contribution in [3.8, 4) is 0 Å². The highest BCUT2D eigenvalue weighted by Gasteiger charge is 2.24. The molecule has 1 heterocycles. The Kier molecular flexibility index (Phi) is 6.93. The first-order valence-electron chi connectivity index (χ1n) is 8.97. The zero-order valence-electron chi connectivity index (χ0n) is 16.2. The molecule has 1 aromatic carbocycles. The van der Waals surface area contributed by atoms with Crippen molar-refractivity contribution in [3.05, 3.63) is 58.4 Å². The maximum atomic E-state index is 12.4. The highest BCUT2D eigenvalue weighted by Crippen LogP contribution is 2.20. The van der Waals surface area contributed by atoms with Crippen LogP contribution in [0.2, 0.25) is 0 Å². The van der Waals surface area contributed by atoms with Crippen LogP contribution in [0.4, 0.5) is 0 Å². The first-order chi connectivity index (χ1) is 12.8. The van der Waals surface area contributed by atoms with E-state index in [2.05, 4.69) is 22.4 Å². The van der Waals surface area contributed by atoms with Crippen LogP contribution in [0.3, 0.4) is 0 Å². The number of rotatable bonds is 8. The molecule has 6 heteroatoms. The Balaban J connectivity index is 2.03. The largest absolute Gasteiger partial charge is 0.465 e. The Bertz CT molecular complexity index is 824. The highest BCUT2D eigenvalue weighted by atomic mass is 16.5. The van der Waals surface area contributed by atoms with Gasteiger partial charge in [-0.1, -0.05) is 30.3 Å². The molecule has 0 radical (unpaired) electrons. The second kappa shape index (κ2) is 9.16. The molecule has 6 nitrogen and oxygen atoms in total. The number of ether oxygens (including phenoxy) is 1. The number of hydrogen-bond acceptors (Lipinski definition) is 4. The second-order valence-electron chi connectivity index (χ2n) is 6.70.